The lowest BCUT2D eigenvalue weighted by atomic mass is 9.97. The van der Waals surface area contributed by atoms with Crippen LogP contribution < -0.4 is 0 Å². The standard InChI is InChI=1S/C51H31N3OS/c1-2-11-32(12-3-1)33-23-25-34(26-24-33)37-13-8-14-38(31-37)35-27-29-36(30-28-35)49-52-50(42-18-10-21-45-47(42)41-16-4-6-20-44(41)55-45)54-51(53-49)43-19-9-17-40-39-15-5-7-22-46(39)56-48(40)43/h1-31H/i4D,5D,6D,7D,9D,10D,15D,16D,17D,18D,19D,20D,21D,22D. The van der Waals surface area contributed by atoms with Crippen LogP contribution in [-0.4, -0.2) is 15.0 Å². The van der Waals surface area contributed by atoms with E-state index in [0.29, 0.717) is 5.56 Å². The molecule has 0 saturated heterocycles. The molecule has 56 heavy (non-hydrogen) atoms. The molecular formula is C51H31N3OS. The van der Waals surface area contributed by atoms with Gasteiger partial charge in [-0.05, 0) is 63.6 Å². The first-order valence-electron chi connectivity index (χ1n) is 24.5. The number of rotatable bonds is 6. The second-order valence-corrected chi connectivity index (χ2v) is 13.9. The van der Waals surface area contributed by atoms with E-state index in [4.69, 9.17) is 35.8 Å². The summed E-state index contributed by atoms with van der Waals surface area (Å²) in [5.41, 5.74) is 5.40. The molecule has 0 aliphatic rings. The van der Waals surface area contributed by atoms with Gasteiger partial charge in [-0.2, -0.15) is 0 Å². The van der Waals surface area contributed by atoms with Gasteiger partial charge in [-0.1, -0.05) is 157 Å². The van der Waals surface area contributed by atoms with Gasteiger partial charge in [0.25, 0.3) is 0 Å². The van der Waals surface area contributed by atoms with E-state index in [9.17, 15) is 2.74 Å². The zero-order valence-electron chi connectivity index (χ0n) is 43.0. The normalized spacial score (nSPS) is 15.1. The first-order valence-corrected chi connectivity index (χ1v) is 18.3. The summed E-state index contributed by atoms with van der Waals surface area (Å²) in [7, 11) is 0. The van der Waals surface area contributed by atoms with Gasteiger partial charge in [-0.25, -0.2) is 15.0 Å². The molecule has 3 heterocycles. The highest BCUT2D eigenvalue weighted by Crippen LogP contribution is 2.41. The van der Waals surface area contributed by atoms with Gasteiger partial charge in [-0.15, -0.1) is 11.3 Å². The summed E-state index contributed by atoms with van der Waals surface area (Å²) in [5, 5.41) is -0.338. The van der Waals surface area contributed by atoms with Crippen molar-refractivity contribution < 1.29 is 23.6 Å². The average Bonchev–Trinajstić information content (AvgIpc) is 3.98. The number of fused-ring (bicyclic) bond motifs is 6. The Morgan fingerprint density at radius 1 is 0.411 bits per heavy atom. The average molecular weight is 748 g/mol. The lowest BCUT2D eigenvalue weighted by Gasteiger charge is -2.11. The molecule has 4 nitrogen and oxygen atoms in total. The summed E-state index contributed by atoms with van der Waals surface area (Å²) in [4.78, 5) is 14.4. The number of thiophene rings is 1. The molecule has 0 aliphatic heterocycles. The van der Waals surface area contributed by atoms with Crippen molar-refractivity contribution >= 4 is 53.4 Å². The van der Waals surface area contributed by atoms with Gasteiger partial charge in [0.1, 0.15) is 11.2 Å². The number of furan rings is 1. The number of hydrogen-bond acceptors (Lipinski definition) is 5. The number of hydrogen-bond donors (Lipinski definition) is 0. The summed E-state index contributed by atoms with van der Waals surface area (Å²) in [5.74, 6) is -0.598. The van der Waals surface area contributed by atoms with Gasteiger partial charge in [0, 0.05) is 47.6 Å². The molecule has 0 fully saturated rings. The van der Waals surface area contributed by atoms with Gasteiger partial charge < -0.3 is 4.42 Å². The Balaban J connectivity index is 1.14. The molecule has 0 spiro atoms. The van der Waals surface area contributed by atoms with Crippen molar-refractivity contribution in [2.45, 2.75) is 0 Å². The second kappa shape index (κ2) is 13.3. The molecule has 0 amide bonds. The molecular weight excluding hydrogens is 703 g/mol. The molecule has 0 radical (unpaired) electrons. The number of nitrogens with zero attached hydrogens (tertiary/aromatic N) is 3. The highest BCUT2D eigenvalue weighted by Gasteiger charge is 2.20. The summed E-state index contributed by atoms with van der Waals surface area (Å²) in [6, 6.07) is 26.3. The quantitative estimate of drug-likeness (QED) is 0.170. The van der Waals surface area contributed by atoms with Crippen LogP contribution in [0.2, 0.25) is 0 Å². The largest absolute Gasteiger partial charge is 0.456 e. The fourth-order valence-corrected chi connectivity index (χ4v) is 7.98. The Hall–Kier alpha value is -7.21. The lowest BCUT2D eigenvalue weighted by Crippen LogP contribution is -2.00. The highest BCUT2D eigenvalue weighted by molar-refractivity contribution is 7.26. The summed E-state index contributed by atoms with van der Waals surface area (Å²) in [6.45, 7) is 0. The van der Waals surface area contributed by atoms with Crippen LogP contribution in [0.15, 0.2) is 192 Å². The topological polar surface area (TPSA) is 51.8 Å². The van der Waals surface area contributed by atoms with Gasteiger partial charge in [0.05, 0.1) is 19.2 Å². The third-order valence-corrected chi connectivity index (χ3v) is 10.8. The van der Waals surface area contributed by atoms with Crippen molar-refractivity contribution in [3.8, 4) is 67.5 Å². The van der Waals surface area contributed by atoms with Crippen LogP contribution in [0.1, 0.15) is 19.2 Å². The van der Waals surface area contributed by atoms with E-state index in [1.165, 1.54) is 0 Å². The minimum atomic E-state index is -0.623. The van der Waals surface area contributed by atoms with Crippen LogP contribution in [0.3, 0.4) is 0 Å². The number of para-hydroxylation sites is 1. The monoisotopic (exact) mass is 747 g/mol. The minimum absolute atomic E-state index is 0.0110. The van der Waals surface area contributed by atoms with Gasteiger partial charge in [0.15, 0.2) is 17.5 Å². The zero-order chi connectivity index (χ0) is 49.2. The van der Waals surface area contributed by atoms with Crippen molar-refractivity contribution in [1.29, 1.82) is 0 Å². The molecule has 0 N–H and O–H groups in total. The van der Waals surface area contributed by atoms with Crippen LogP contribution in [0.25, 0.3) is 110 Å². The van der Waals surface area contributed by atoms with Crippen molar-refractivity contribution in [3.63, 3.8) is 0 Å². The molecule has 0 saturated carbocycles. The van der Waals surface area contributed by atoms with E-state index in [-0.39, 0.29) is 76.8 Å². The molecule has 8 aromatic carbocycles. The molecule has 11 aromatic rings. The SMILES string of the molecule is [2H]c1c([2H])c([2H])c2c(oc3c([2H])c([2H])c([2H])c(-c4nc(-c5ccc(-c6cccc(-c7ccc(-c8ccccc8)cc7)c6)cc5)nc(-c5c([2H])c([2H])c([2H])c6c5sc5c([2H])c([2H])c([2H])c([2H])c56)n4)c32)c1[2H]. The minimum Gasteiger partial charge on any atom is -0.456 e. The Morgan fingerprint density at radius 2 is 0.946 bits per heavy atom. The molecule has 11 rings (SSSR count). The third-order valence-electron chi connectivity index (χ3n) is 9.63. The van der Waals surface area contributed by atoms with E-state index in [1.807, 2.05) is 48.5 Å². The fraction of sp³-hybridized carbons (Fsp3) is 0. The Kier molecular flexibility index (Phi) is 4.98. The Labute approximate surface area is 346 Å². The number of aromatic nitrogens is 3. The van der Waals surface area contributed by atoms with Crippen LogP contribution in [-0.2, 0) is 0 Å². The van der Waals surface area contributed by atoms with Crippen molar-refractivity contribution in [2.75, 3.05) is 0 Å². The van der Waals surface area contributed by atoms with Crippen LogP contribution >= 0.6 is 11.3 Å². The summed E-state index contributed by atoms with van der Waals surface area (Å²) < 4.78 is 129. The van der Waals surface area contributed by atoms with Crippen molar-refractivity contribution in [3.05, 3.63) is 188 Å². The van der Waals surface area contributed by atoms with Crippen LogP contribution in [0.4, 0.5) is 0 Å². The number of benzene rings is 8. The first-order chi connectivity index (χ1) is 33.5. The van der Waals surface area contributed by atoms with Gasteiger partial charge in [0.2, 0.25) is 0 Å². The predicted octanol–water partition coefficient (Wildman–Crippen LogP) is 14.1. The lowest BCUT2D eigenvalue weighted by molar-refractivity contribution is 0.669. The fourth-order valence-electron chi connectivity index (χ4n) is 6.92. The molecule has 5 heteroatoms. The summed E-state index contributed by atoms with van der Waals surface area (Å²) >= 11 is 0.880. The maximum Gasteiger partial charge on any atom is 0.165 e. The van der Waals surface area contributed by atoms with Crippen LogP contribution in [0, 0.1) is 0 Å². The second-order valence-electron chi connectivity index (χ2n) is 12.9. The maximum atomic E-state index is 9.28. The first kappa shape index (κ1) is 21.0. The van der Waals surface area contributed by atoms with Crippen LogP contribution in [0.5, 0.6) is 0 Å². The van der Waals surface area contributed by atoms with E-state index in [1.54, 1.807) is 12.1 Å². The Morgan fingerprint density at radius 3 is 1.71 bits per heavy atom. The zero-order valence-corrected chi connectivity index (χ0v) is 29.8. The van der Waals surface area contributed by atoms with Crippen molar-refractivity contribution in [1.82, 2.24) is 15.0 Å². The van der Waals surface area contributed by atoms with E-state index in [0.717, 1.165) is 44.7 Å². The Bertz CT molecular complexity index is 4050. The maximum absolute atomic E-state index is 9.28. The van der Waals surface area contributed by atoms with E-state index in [2.05, 4.69) is 42.5 Å². The smallest absolute Gasteiger partial charge is 0.165 e. The van der Waals surface area contributed by atoms with Crippen molar-refractivity contribution in [2.24, 2.45) is 0 Å². The third kappa shape index (κ3) is 5.56. The molecule has 0 unspecified atom stereocenters. The molecule has 0 aliphatic carbocycles. The molecule has 3 aromatic heterocycles. The van der Waals surface area contributed by atoms with E-state index < -0.39 is 78.6 Å². The van der Waals surface area contributed by atoms with Gasteiger partial charge in [-0.3, -0.25) is 0 Å². The predicted molar refractivity (Wildman–Crippen MR) is 233 cm³/mol. The summed E-state index contributed by atoms with van der Waals surface area (Å²) in [6.07, 6.45) is 0. The van der Waals surface area contributed by atoms with Gasteiger partial charge >= 0.3 is 0 Å². The molecule has 262 valence electrons. The highest BCUT2D eigenvalue weighted by atomic mass is 32.1. The molecule has 0 atom stereocenters. The van der Waals surface area contributed by atoms with E-state index >= 15 is 0 Å². The molecule has 0 bridgehead atoms.